The zero-order valence-corrected chi connectivity index (χ0v) is 11.3. The normalized spacial score (nSPS) is 21.7. The number of carbonyl (C=O) groups is 1. The molecule has 0 aliphatic carbocycles. The molecule has 18 heavy (non-hydrogen) atoms. The van der Waals surface area contributed by atoms with Crippen LogP contribution in [0.3, 0.4) is 0 Å². The number of ether oxygens (including phenoxy) is 1. The zero-order valence-electron chi connectivity index (χ0n) is 11.3. The summed E-state index contributed by atoms with van der Waals surface area (Å²) in [4.78, 5) is 19.1. The molecule has 2 rings (SSSR count). The quantitative estimate of drug-likeness (QED) is 0.727. The first-order valence-corrected chi connectivity index (χ1v) is 6.78. The first kappa shape index (κ1) is 13.2. The Morgan fingerprint density at radius 3 is 2.78 bits per heavy atom. The number of carbonyl (C=O) groups excluding carboxylic acids is 1. The lowest BCUT2D eigenvalue weighted by Crippen LogP contribution is -2.47. The van der Waals surface area contributed by atoms with Crippen LogP contribution in [0.25, 0.3) is 0 Å². The van der Waals surface area contributed by atoms with Crippen molar-refractivity contribution in [1.29, 1.82) is 0 Å². The van der Waals surface area contributed by atoms with Gasteiger partial charge in [0.25, 0.3) is 0 Å². The van der Waals surface area contributed by atoms with E-state index in [9.17, 15) is 4.79 Å². The van der Waals surface area contributed by atoms with Crippen LogP contribution in [0.2, 0.25) is 0 Å². The number of amides is 1. The van der Waals surface area contributed by atoms with Crippen LogP contribution in [-0.4, -0.2) is 42.0 Å². The monoisotopic (exact) mass is 254 g/mol. The Morgan fingerprint density at radius 2 is 2.22 bits per heavy atom. The van der Waals surface area contributed by atoms with E-state index in [1.165, 1.54) is 0 Å². The molecular weight excluding hydrogens is 232 g/mol. The third-order valence-electron chi connectivity index (χ3n) is 3.63. The maximum Gasteiger partial charge on any atom is 0.409 e. The highest BCUT2D eigenvalue weighted by atomic mass is 16.7. The van der Waals surface area contributed by atoms with Crippen molar-refractivity contribution >= 4 is 11.8 Å². The van der Waals surface area contributed by atoms with Crippen molar-refractivity contribution in [2.45, 2.75) is 51.6 Å². The minimum atomic E-state index is -0.186. The molecule has 1 spiro atoms. The molecule has 2 heterocycles. The first-order chi connectivity index (χ1) is 8.65. The summed E-state index contributed by atoms with van der Waals surface area (Å²) in [7, 11) is 0. The summed E-state index contributed by atoms with van der Waals surface area (Å²) in [6.07, 6.45) is 4.37. The van der Waals surface area contributed by atoms with Crippen LogP contribution in [0.1, 0.15) is 46.0 Å². The van der Waals surface area contributed by atoms with E-state index in [2.05, 4.69) is 12.1 Å². The Morgan fingerprint density at radius 1 is 1.50 bits per heavy atom. The van der Waals surface area contributed by atoms with E-state index in [-0.39, 0.29) is 11.7 Å². The lowest BCUT2D eigenvalue weighted by Gasteiger charge is -2.36. The maximum absolute atomic E-state index is 11.8. The van der Waals surface area contributed by atoms with Gasteiger partial charge in [0, 0.05) is 32.4 Å². The second kappa shape index (κ2) is 5.59. The maximum atomic E-state index is 11.8. The van der Waals surface area contributed by atoms with E-state index in [0.29, 0.717) is 19.7 Å². The van der Waals surface area contributed by atoms with Crippen LogP contribution in [-0.2, 0) is 9.57 Å². The molecule has 0 aromatic heterocycles. The van der Waals surface area contributed by atoms with Gasteiger partial charge in [-0.3, -0.25) is 0 Å². The SMILES string of the molecule is CCCCOC(=O)N1CCC2(CC1)CC(C)=NO2. The predicted molar refractivity (Wildman–Crippen MR) is 68.6 cm³/mol. The van der Waals surface area contributed by atoms with Gasteiger partial charge in [0.2, 0.25) is 0 Å². The third-order valence-corrected chi connectivity index (χ3v) is 3.63. The van der Waals surface area contributed by atoms with Crippen LogP contribution >= 0.6 is 0 Å². The van der Waals surface area contributed by atoms with E-state index in [1.807, 2.05) is 6.92 Å². The van der Waals surface area contributed by atoms with Crippen LogP contribution in [0, 0.1) is 0 Å². The molecule has 0 bridgehead atoms. The topological polar surface area (TPSA) is 51.1 Å². The second-order valence-electron chi connectivity index (χ2n) is 5.23. The zero-order chi connectivity index (χ0) is 13.0. The molecule has 0 aromatic carbocycles. The first-order valence-electron chi connectivity index (χ1n) is 6.78. The van der Waals surface area contributed by atoms with E-state index in [0.717, 1.165) is 37.8 Å². The van der Waals surface area contributed by atoms with Crippen molar-refractivity contribution in [3.05, 3.63) is 0 Å². The van der Waals surface area contributed by atoms with Gasteiger partial charge in [0.15, 0.2) is 0 Å². The summed E-state index contributed by atoms with van der Waals surface area (Å²) in [5.74, 6) is 0. The van der Waals surface area contributed by atoms with Gasteiger partial charge >= 0.3 is 6.09 Å². The Balaban J connectivity index is 1.75. The molecule has 0 unspecified atom stereocenters. The molecule has 102 valence electrons. The lowest BCUT2D eigenvalue weighted by molar-refractivity contribution is -0.0593. The summed E-state index contributed by atoms with van der Waals surface area (Å²) in [6, 6.07) is 0. The summed E-state index contributed by atoms with van der Waals surface area (Å²) in [6.45, 7) is 6.00. The minimum absolute atomic E-state index is 0.149. The summed E-state index contributed by atoms with van der Waals surface area (Å²) in [5.41, 5.74) is 0.901. The lowest BCUT2D eigenvalue weighted by atomic mass is 9.87. The molecule has 5 heteroatoms. The number of hydrogen-bond donors (Lipinski definition) is 0. The number of unbranched alkanes of at least 4 members (excludes halogenated alkanes) is 1. The molecule has 1 amide bonds. The average Bonchev–Trinajstić information content (AvgIpc) is 2.72. The third kappa shape index (κ3) is 2.94. The summed E-state index contributed by atoms with van der Waals surface area (Å²) in [5, 5.41) is 4.03. The fraction of sp³-hybridized carbons (Fsp3) is 0.846. The Kier molecular flexibility index (Phi) is 4.09. The molecule has 2 aliphatic rings. The van der Waals surface area contributed by atoms with Gasteiger partial charge in [-0.25, -0.2) is 4.79 Å². The molecule has 0 radical (unpaired) electrons. The fourth-order valence-electron chi connectivity index (χ4n) is 2.47. The van der Waals surface area contributed by atoms with E-state index < -0.39 is 0 Å². The Hall–Kier alpha value is -1.26. The number of oxime groups is 1. The van der Waals surface area contributed by atoms with Crippen LogP contribution < -0.4 is 0 Å². The van der Waals surface area contributed by atoms with E-state index >= 15 is 0 Å². The molecule has 1 saturated heterocycles. The van der Waals surface area contributed by atoms with Gasteiger partial charge in [-0.1, -0.05) is 18.5 Å². The number of piperidine rings is 1. The van der Waals surface area contributed by atoms with Crippen molar-refractivity contribution in [1.82, 2.24) is 4.90 Å². The molecule has 5 nitrogen and oxygen atoms in total. The molecule has 0 N–H and O–H groups in total. The molecule has 0 atom stereocenters. The largest absolute Gasteiger partial charge is 0.449 e. The van der Waals surface area contributed by atoms with Gasteiger partial charge < -0.3 is 14.5 Å². The number of nitrogens with zero attached hydrogens (tertiary/aromatic N) is 2. The molecule has 2 aliphatic heterocycles. The smallest absolute Gasteiger partial charge is 0.409 e. The highest BCUT2D eigenvalue weighted by Crippen LogP contribution is 2.34. The van der Waals surface area contributed by atoms with E-state index in [4.69, 9.17) is 9.57 Å². The van der Waals surface area contributed by atoms with Crippen molar-refractivity contribution in [3.63, 3.8) is 0 Å². The Labute approximate surface area is 108 Å². The Bertz CT molecular complexity index is 333. The van der Waals surface area contributed by atoms with Crippen LogP contribution in [0.4, 0.5) is 4.79 Å². The fourth-order valence-corrected chi connectivity index (χ4v) is 2.47. The highest BCUT2D eigenvalue weighted by molar-refractivity contribution is 5.83. The molecule has 0 aromatic rings. The summed E-state index contributed by atoms with van der Waals surface area (Å²) < 4.78 is 5.21. The average molecular weight is 254 g/mol. The van der Waals surface area contributed by atoms with Crippen molar-refractivity contribution in [2.75, 3.05) is 19.7 Å². The molecule has 1 fully saturated rings. The summed E-state index contributed by atoms with van der Waals surface area (Å²) >= 11 is 0. The predicted octanol–water partition coefficient (Wildman–Crippen LogP) is 2.55. The van der Waals surface area contributed by atoms with Gasteiger partial charge in [-0.2, -0.15) is 0 Å². The molecule has 0 saturated carbocycles. The van der Waals surface area contributed by atoms with Gasteiger partial charge in [-0.15, -0.1) is 0 Å². The van der Waals surface area contributed by atoms with Crippen molar-refractivity contribution < 1.29 is 14.4 Å². The molecular formula is C13H22N2O3. The van der Waals surface area contributed by atoms with E-state index in [1.54, 1.807) is 4.90 Å². The van der Waals surface area contributed by atoms with Crippen molar-refractivity contribution in [3.8, 4) is 0 Å². The van der Waals surface area contributed by atoms with Crippen LogP contribution in [0.15, 0.2) is 5.16 Å². The standard InChI is InChI=1S/C13H22N2O3/c1-3-4-9-17-12(16)15-7-5-13(6-8-15)10-11(2)14-18-13/h3-10H2,1-2H3. The minimum Gasteiger partial charge on any atom is -0.449 e. The second-order valence-corrected chi connectivity index (χ2v) is 5.23. The van der Waals surface area contributed by atoms with Gasteiger partial charge in [0.1, 0.15) is 5.60 Å². The van der Waals surface area contributed by atoms with Gasteiger partial charge in [-0.05, 0) is 13.3 Å². The van der Waals surface area contributed by atoms with Crippen molar-refractivity contribution in [2.24, 2.45) is 5.16 Å². The van der Waals surface area contributed by atoms with Crippen LogP contribution in [0.5, 0.6) is 0 Å². The number of likely N-dealkylation sites (tertiary alicyclic amines) is 1. The number of rotatable bonds is 3. The van der Waals surface area contributed by atoms with Gasteiger partial charge in [0.05, 0.1) is 12.3 Å². The number of hydrogen-bond acceptors (Lipinski definition) is 4. The highest BCUT2D eigenvalue weighted by Gasteiger charge is 2.42.